The Balaban J connectivity index is 2.19. The van der Waals surface area contributed by atoms with Crippen molar-refractivity contribution in [3.05, 3.63) is 54.1 Å². The lowest BCUT2D eigenvalue weighted by molar-refractivity contribution is 0.968. The second-order valence-electron chi connectivity index (χ2n) is 3.09. The minimum atomic E-state index is 0.728. The highest BCUT2D eigenvalue weighted by molar-refractivity contribution is 5.41. The van der Waals surface area contributed by atoms with Crippen molar-refractivity contribution in [2.45, 2.75) is 6.42 Å². The summed E-state index contributed by atoms with van der Waals surface area (Å²) in [5.74, 6) is 0.818. The molecule has 1 aromatic carbocycles. The molecule has 1 heterocycles. The third-order valence-electron chi connectivity index (χ3n) is 1.93. The Kier molecular flexibility index (Phi) is 2.40. The minimum Gasteiger partial charge on any atom is -0.399 e. The van der Waals surface area contributed by atoms with Gasteiger partial charge in [-0.2, -0.15) is 0 Å². The van der Waals surface area contributed by atoms with Gasteiger partial charge in [0.1, 0.15) is 5.82 Å². The quantitative estimate of drug-likeness (QED) is 0.724. The van der Waals surface area contributed by atoms with Gasteiger partial charge in [-0.1, -0.05) is 12.1 Å². The maximum absolute atomic E-state index is 5.67. The topological polar surface area (TPSA) is 51.8 Å². The molecule has 0 bridgehead atoms. The SMILES string of the molecule is Nc1cccc(Cc2ncccn2)c1. The van der Waals surface area contributed by atoms with Crippen molar-refractivity contribution in [2.24, 2.45) is 0 Å². The van der Waals surface area contributed by atoms with E-state index in [4.69, 9.17) is 5.73 Å². The minimum absolute atomic E-state index is 0.728. The number of aromatic nitrogens is 2. The number of nitrogens with two attached hydrogens (primary N) is 1. The van der Waals surface area contributed by atoms with E-state index in [0.29, 0.717) is 0 Å². The summed E-state index contributed by atoms with van der Waals surface area (Å²) in [6.45, 7) is 0. The lowest BCUT2D eigenvalue weighted by Crippen LogP contribution is -1.95. The summed E-state index contributed by atoms with van der Waals surface area (Å²) >= 11 is 0. The first-order valence-electron chi connectivity index (χ1n) is 4.45. The standard InChI is InChI=1S/C11H11N3/c12-10-4-1-3-9(7-10)8-11-13-5-2-6-14-11/h1-7H,8,12H2. The van der Waals surface area contributed by atoms with Gasteiger partial charge in [-0.25, -0.2) is 9.97 Å². The molecular formula is C11H11N3. The average Bonchev–Trinajstić information content (AvgIpc) is 2.19. The molecule has 14 heavy (non-hydrogen) atoms. The zero-order valence-corrected chi connectivity index (χ0v) is 7.72. The molecule has 0 atom stereocenters. The van der Waals surface area contributed by atoms with Gasteiger partial charge in [0, 0.05) is 24.5 Å². The maximum Gasteiger partial charge on any atom is 0.132 e. The number of nitrogen functional groups attached to an aromatic ring is 1. The fraction of sp³-hybridized carbons (Fsp3) is 0.0909. The summed E-state index contributed by atoms with van der Waals surface area (Å²) in [4.78, 5) is 8.30. The molecule has 2 aromatic rings. The van der Waals surface area contributed by atoms with Gasteiger partial charge in [0.05, 0.1) is 0 Å². The van der Waals surface area contributed by atoms with Crippen LogP contribution in [-0.4, -0.2) is 9.97 Å². The second-order valence-corrected chi connectivity index (χ2v) is 3.09. The monoisotopic (exact) mass is 185 g/mol. The fourth-order valence-corrected chi connectivity index (χ4v) is 1.31. The van der Waals surface area contributed by atoms with Gasteiger partial charge in [0.2, 0.25) is 0 Å². The third kappa shape index (κ3) is 2.07. The Hall–Kier alpha value is -1.90. The highest BCUT2D eigenvalue weighted by Crippen LogP contribution is 2.09. The van der Waals surface area contributed by atoms with Crippen LogP contribution in [-0.2, 0) is 6.42 Å². The van der Waals surface area contributed by atoms with Crippen LogP contribution in [0.4, 0.5) is 5.69 Å². The van der Waals surface area contributed by atoms with Gasteiger partial charge in [-0.3, -0.25) is 0 Å². The van der Waals surface area contributed by atoms with Gasteiger partial charge in [0.15, 0.2) is 0 Å². The first-order valence-corrected chi connectivity index (χ1v) is 4.45. The number of benzene rings is 1. The van der Waals surface area contributed by atoms with Gasteiger partial charge in [-0.15, -0.1) is 0 Å². The molecule has 0 aliphatic rings. The zero-order chi connectivity index (χ0) is 9.80. The van der Waals surface area contributed by atoms with E-state index in [-0.39, 0.29) is 0 Å². The molecule has 0 fully saturated rings. The molecule has 1 aromatic heterocycles. The summed E-state index contributed by atoms with van der Waals surface area (Å²) < 4.78 is 0. The van der Waals surface area contributed by atoms with Crippen molar-refractivity contribution in [2.75, 3.05) is 5.73 Å². The van der Waals surface area contributed by atoms with Crippen LogP contribution in [0.15, 0.2) is 42.7 Å². The first-order chi connectivity index (χ1) is 6.84. The van der Waals surface area contributed by atoms with Crippen LogP contribution in [0.1, 0.15) is 11.4 Å². The molecule has 0 aliphatic heterocycles. The predicted molar refractivity (Wildman–Crippen MR) is 55.7 cm³/mol. The van der Waals surface area contributed by atoms with Crippen LogP contribution in [0, 0.1) is 0 Å². The maximum atomic E-state index is 5.67. The summed E-state index contributed by atoms with van der Waals surface area (Å²) in [6.07, 6.45) is 4.22. The van der Waals surface area contributed by atoms with Gasteiger partial charge < -0.3 is 5.73 Å². The Labute approximate surface area is 82.6 Å². The Morgan fingerprint density at radius 1 is 1.07 bits per heavy atom. The highest BCUT2D eigenvalue weighted by atomic mass is 14.8. The number of hydrogen-bond donors (Lipinski definition) is 1. The van der Waals surface area contributed by atoms with Gasteiger partial charge in [0.25, 0.3) is 0 Å². The fourth-order valence-electron chi connectivity index (χ4n) is 1.31. The first kappa shape index (κ1) is 8.69. The van der Waals surface area contributed by atoms with Gasteiger partial charge >= 0.3 is 0 Å². The van der Waals surface area contributed by atoms with Crippen LogP contribution in [0.2, 0.25) is 0 Å². The molecule has 2 rings (SSSR count). The van der Waals surface area contributed by atoms with Crippen molar-refractivity contribution in [1.29, 1.82) is 0 Å². The van der Waals surface area contributed by atoms with Crippen LogP contribution >= 0.6 is 0 Å². The third-order valence-corrected chi connectivity index (χ3v) is 1.93. The van der Waals surface area contributed by atoms with Crippen molar-refractivity contribution in [1.82, 2.24) is 9.97 Å². The Morgan fingerprint density at radius 3 is 2.57 bits per heavy atom. The molecule has 0 aliphatic carbocycles. The molecule has 2 N–H and O–H groups in total. The van der Waals surface area contributed by atoms with Crippen molar-refractivity contribution in [3.63, 3.8) is 0 Å². The summed E-state index contributed by atoms with van der Waals surface area (Å²) in [7, 11) is 0. The number of rotatable bonds is 2. The lowest BCUT2D eigenvalue weighted by atomic mass is 10.1. The van der Waals surface area contributed by atoms with E-state index < -0.39 is 0 Å². The molecule has 0 spiro atoms. The summed E-state index contributed by atoms with van der Waals surface area (Å²) in [5, 5.41) is 0. The molecule has 0 unspecified atom stereocenters. The van der Waals surface area contributed by atoms with Crippen molar-refractivity contribution >= 4 is 5.69 Å². The van der Waals surface area contributed by atoms with Crippen LogP contribution < -0.4 is 5.73 Å². The largest absolute Gasteiger partial charge is 0.399 e. The molecular weight excluding hydrogens is 174 g/mol. The molecule has 3 nitrogen and oxygen atoms in total. The molecule has 0 radical (unpaired) electrons. The molecule has 3 heteroatoms. The average molecular weight is 185 g/mol. The second kappa shape index (κ2) is 3.87. The number of nitrogens with zero attached hydrogens (tertiary/aromatic N) is 2. The van der Waals surface area contributed by atoms with E-state index in [1.54, 1.807) is 12.4 Å². The van der Waals surface area contributed by atoms with Crippen molar-refractivity contribution in [3.8, 4) is 0 Å². The van der Waals surface area contributed by atoms with Crippen LogP contribution in [0.3, 0.4) is 0 Å². The number of anilines is 1. The van der Waals surface area contributed by atoms with E-state index in [2.05, 4.69) is 9.97 Å². The smallest absolute Gasteiger partial charge is 0.132 e. The summed E-state index contributed by atoms with van der Waals surface area (Å²) in [6, 6.07) is 9.58. The van der Waals surface area contributed by atoms with Gasteiger partial charge in [-0.05, 0) is 23.8 Å². The molecule has 70 valence electrons. The molecule has 0 saturated carbocycles. The highest BCUT2D eigenvalue weighted by Gasteiger charge is 1.97. The van der Waals surface area contributed by atoms with E-state index in [1.165, 1.54) is 0 Å². The van der Waals surface area contributed by atoms with Crippen LogP contribution in [0.25, 0.3) is 0 Å². The van der Waals surface area contributed by atoms with Crippen molar-refractivity contribution < 1.29 is 0 Å². The van der Waals surface area contributed by atoms with E-state index >= 15 is 0 Å². The summed E-state index contributed by atoms with van der Waals surface area (Å²) in [5.41, 5.74) is 7.58. The Bertz CT molecular complexity index is 412. The zero-order valence-electron chi connectivity index (χ0n) is 7.72. The van der Waals surface area contributed by atoms with E-state index in [9.17, 15) is 0 Å². The van der Waals surface area contributed by atoms with E-state index in [0.717, 1.165) is 23.5 Å². The predicted octanol–water partition coefficient (Wildman–Crippen LogP) is 1.65. The number of hydrogen-bond acceptors (Lipinski definition) is 3. The Morgan fingerprint density at radius 2 is 1.86 bits per heavy atom. The molecule has 0 amide bonds. The normalized spacial score (nSPS) is 10.0. The van der Waals surface area contributed by atoms with E-state index in [1.807, 2.05) is 30.3 Å². The lowest BCUT2D eigenvalue weighted by Gasteiger charge is -2.00. The van der Waals surface area contributed by atoms with Crippen LogP contribution in [0.5, 0.6) is 0 Å². The molecule has 0 saturated heterocycles.